The average molecular weight is 412 g/mol. The van der Waals surface area contributed by atoms with Crippen LogP contribution in [-0.2, 0) is 6.42 Å². The molecule has 2 aromatic carbocycles. The lowest BCUT2D eigenvalue weighted by Gasteiger charge is -2.12. The first-order valence-corrected chi connectivity index (χ1v) is 10.7. The summed E-state index contributed by atoms with van der Waals surface area (Å²) < 4.78 is 0. The number of nitrogens with one attached hydrogen (secondary N) is 2. The van der Waals surface area contributed by atoms with Crippen molar-refractivity contribution in [1.29, 1.82) is 0 Å². The van der Waals surface area contributed by atoms with Crippen molar-refractivity contribution in [3.8, 4) is 11.3 Å². The molecule has 5 nitrogen and oxygen atoms in total. The molecular formula is C24H21N5S. The van der Waals surface area contributed by atoms with E-state index in [-0.39, 0.29) is 6.04 Å². The molecule has 0 bridgehead atoms. The number of benzene rings is 2. The summed E-state index contributed by atoms with van der Waals surface area (Å²) in [7, 11) is 0. The van der Waals surface area contributed by atoms with E-state index in [1.54, 1.807) is 11.3 Å². The van der Waals surface area contributed by atoms with E-state index >= 15 is 0 Å². The fraction of sp³-hybridized carbons (Fsp3) is 0.0833. The zero-order valence-corrected chi connectivity index (χ0v) is 17.1. The molecule has 1 unspecified atom stereocenters. The van der Waals surface area contributed by atoms with Gasteiger partial charge in [0.2, 0.25) is 0 Å². The molecule has 0 fully saturated rings. The van der Waals surface area contributed by atoms with Crippen LogP contribution in [0.5, 0.6) is 0 Å². The summed E-state index contributed by atoms with van der Waals surface area (Å²) in [4.78, 5) is 17.3. The van der Waals surface area contributed by atoms with Crippen molar-refractivity contribution >= 4 is 28.1 Å². The van der Waals surface area contributed by atoms with E-state index in [0.29, 0.717) is 12.3 Å². The van der Waals surface area contributed by atoms with Crippen LogP contribution in [-0.4, -0.2) is 20.8 Å². The first-order chi connectivity index (χ1) is 14.8. The SMILES string of the molecule is NC(=NC(Cc1ncc(-c2ccccc2)[nH]1)c1c[nH]c2ccccc12)c1cccs1. The fourth-order valence-corrected chi connectivity index (χ4v) is 4.30. The van der Waals surface area contributed by atoms with Gasteiger partial charge in [-0.2, -0.15) is 0 Å². The highest BCUT2D eigenvalue weighted by atomic mass is 32.1. The molecule has 0 radical (unpaired) electrons. The summed E-state index contributed by atoms with van der Waals surface area (Å²) in [6.45, 7) is 0. The molecule has 0 amide bonds. The fourth-order valence-electron chi connectivity index (χ4n) is 3.66. The Hall–Kier alpha value is -3.64. The molecule has 3 aromatic heterocycles. The van der Waals surface area contributed by atoms with Crippen LogP contribution in [0.25, 0.3) is 22.2 Å². The topological polar surface area (TPSA) is 82.8 Å². The van der Waals surface area contributed by atoms with Gasteiger partial charge < -0.3 is 15.7 Å². The second-order valence-corrected chi connectivity index (χ2v) is 8.06. The minimum atomic E-state index is -0.155. The Morgan fingerprint density at radius 1 is 1.03 bits per heavy atom. The van der Waals surface area contributed by atoms with Gasteiger partial charge in [0.05, 0.1) is 22.8 Å². The highest BCUT2D eigenvalue weighted by Crippen LogP contribution is 2.30. The largest absolute Gasteiger partial charge is 0.383 e. The lowest BCUT2D eigenvalue weighted by molar-refractivity contribution is 0.702. The second kappa shape index (κ2) is 8.00. The maximum Gasteiger partial charge on any atom is 0.136 e. The number of amidine groups is 1. The van der Waals surface area contributed by atoms with Crippen LogP contribution in [0.3, 0.4) is 0 Å². The van der Waals surface area contributed by atoms with Crippen molar-refractivity contribution in [3.63, 3.8) is 0 Å². The monoisotopic (exact) mass is 411 g/mol. The molecule has 5 aromatic rings. The van der Waals surface area contributed by atoms with E-state index in [9.17, 15) is 0 Å². The Morgan fingerprint density at radius 2 is 1.87 bits per heavy atom. The Balaban J connectivity index is 1.52. The molecule has 0 saturated heterocycles. The first-order valence-electron chi connectivity index (χ1n) is 9.80. The quantitative estimate of drug-likeness (QED) is 0.261. The van der Waals surface area contributed by atoms with Crippen LogP contribution >= 0.6 is 11.3 Å². The molecule has 0 saturated carbocycles. The van der Waals surface area contributed by atoms with Gasteiger partial charge in [-0.25, -0.2) is 4.98 Å². The van der Waals surface area contributed by atoms with Crippen molar-refractivity contribution in [2.45, 2.75) is 12.5 Å². The predicted octanol–water partition coefficient (Wildman–Crippen LogP) is 5.31. The van der Waals surface area contributed by atoms with Gasteiger partial charge in [0.25, 0.3) is 0 Å². The lowest BCUT2D eigenvalue weighted by Crippen LogP contribution is -2.15. The number of H-pyrrole nitrogens is 2. The van der Waals surface area contributed by atoms with Crippen molar-refractivity contribution in [2.75, 3.05) is 0 Å². The van der Waals surface area contributed by atoms with E-state index < -0.39 is 0 Å². The molecule has 0 aliphatic rings. The third-order valence-electron chi connectivity index (χ3n) is 5.15. The van der Waals surface area contributed by atoms with Crippen LogP contribution in [0.4, 0.5) is 0 Å². The van der Waals surface area contributed by atoms with Gasteiger partial charge in [0.15, 0.2) is 0 Å². The minimum absolute atomic E-state index is 0.155. The third kappa shape index (κ3) is 3.65. The molecule has 1 atom stereocenters. The van der Waals surface area contributed by atoms with Crippen LogP contribution in [0, 0.1) is 0 Å². The van der Waals surface area contributed by atoms with Gasteiger partial charge in [-0.15, -0.1) is 11.3 Å². The number of nitrogens with zero attached hydrogens (tertiary/aromatic N) is 2. The van der Waals surface area contributed by atoms with Gasteiger partial charge in [0, 0.05) is 29.1 Å². The average Bonchev–Trinajstić information content (AvgIpc) is 3.54. The van der Waals surface area contributed by atoms with Crippen LogP contribution < -0.4 is 5.73 Å². The number of para-hydroxylation sites is 1. The molecule has 30 heavy (non-hydrogen) atoms. The normalized spacial score (nSPS) is 13.0. The van der Waals surface area contributed by atoms with Crippen molar-refractivity contribution in [2.24, 2.45) is 10.7 Å². The van der Waals surface area contributed by atoms with Crippen LogP contribution in [0.2, 0.25) is 0 Å². The van der Waals surface area contributed by atoms with E-state index in [1.165, 1.54) is 0 Å². The summed E-state index contributed by atoms with van der Waals surface area (Å²) in [5, 5.41) is 3.16. The van der Waals surface area contributed by atoms with Crippen LogP contribution in [0.1, 0.15) is 22.3 Å². The number of imidazole rings is 1. The number of thiophene rings is 1. The molecule has 0 aliphatic heterocycles. The van der Waals surface area contributed by atoms with Crippen LogP contribution in [0.15, 0.2) is 89.5 Å². The summed E-state index contributed by atoms with van der Waals surface area (Å²) in [5.74, 6) is 1.43. The summed E-state index contributed by atoms with van der Waals surface area (Å²) in [6, 6.07) is 22.3. The predicted molar refractivity (Wildman–Crippen MR) is 124 cm³/mol. The molecule has 5 rings (SSSR count). The molecule has 3 heterocycles. The van der Waals surface area contributed by atoms with Gasteiger partial charge in [-0.1, -0.05) is 54.6 Å². The number of aromatic amines is 2. The Labute approximate surface area is 178 Å². The summed E-state index contributed by atoms with van der Waals surface area (Å²) in [5.41, 5.74) is 10.7. The first kappa shape index (κ1) is 18.4. The maximum absolute atomic E-state index is 6.36. The van der Waals surface area contributed by atoms with E-state index in [1.807, 2.05) is 60.2 Å². The molecule has 0 aliphatic carbocycles. The van der Waals surface area contributed by atoms with E-state index in [2.05, 4.69) is 39.2 Å². The Morgan fingerprint density at radius 3 is 2.70 bits per heavy atom. The molecular weight excluding hydrogens is 390 g/mol. The van der Waals surface area contributed by atoms with Crippen molar-refractivity contribution in [3.05, 3.63) is 101 Å². The lowest BCUT2D eigenvalue weighted by atomic mass is 10.0. The number of hydrogen-bond acceptors (Lipinski definition) is 3. The molecule has 0 spiro atoms. The number of aromatic nitrogens is 3. The molecule has 6 heteroatoms. The van der Waals surface area contributed by atoms with Crippen molar-refractivity contribution in [1.82, 2.24) is 15.0 Å². The number of fused-ring (bicyclic) bond motifs is 1. The Bertz CT molecular complexity index is 1280. The standard InChI is InChI=1S/C24H21N5S/c25-24(22-11-6-12-30-22)29-20(18-14-26-19-10-5-4-9-17(18)19)13-23-27-15-21(28-23)16-7-2-1-3-8-16/h1-12,14-15,20,26H,13H2,(H2,25,29)(H,27,28). The zero-order valence-electron chi connectivity index (χ0n) is 16.2. The summed E-state index contributed by atoms with van der Waals surface area (Å²) >= 11 is 1.59. The Kier molecular flexibility index (Phi) is 4.91. The maximum atomic E-state index is 6.36. The van der Waals surface area contributed by atoms with E-state index in [4.69, 9.17) is 10.7 Å². The summed E-state index contributed by atoms with van der Waals surface area (Å²) in [6.07, 6.45) is 4.53. The van der Waals surface area contributed by atoms with Gasteiger partial charge in [-0.3, -0.25) is 4.99 Å². The highest BCUT2D eigenvalue weighted by Gasteiger charge is 2.19. The molecule has 4 N–H and O–H groups in total. The van der Waals surface area contributed by atoms with Gasteiger partial charge in [0.1, 0.15) is 11.7 Å². The number of rotatable bonds is 6. The highest BCUT2D eigenvalue weighted by molar-refractivity contribution is 7.12. The third-order valence-corrected chi connectivity index (χ3v) is 6.04. The van der Waals surface area contributed by atoms with Gasteiger partial charge in [-0.05, 0) is 23.1 Å². The van der Waals surface area contributed by atoms with E-state index in [0.717, 1.165) is 38.4 Å². The zero-order chi connectivity index (χ0) is 20.3. The number of hydrogen-bond donors (Lipinski definition) is 3. The smallest absolute Gasteiger partial charge is 0.136 e. The van der Waals surface area contributed by atoms with Crippen molar-refractivity contribution < 1.29 is 0 Å². The van der Waals surface area contributed by atoms with Gasteiger partial charge >= 0.3 is 0 Å². The number of aliphatic imine (C=N–C) groups is 1. The number of nitrogens with two attached hydrogens (primary N) is 1. The second-order valence-electron chi connectivity index (χ2n) is 7.11. The molecule has 148 valence electrons. The minimum Gasteiger partial charge on any atom is -0.383 e.